The van der Waals surface area contributed by atoms with Crippen LogP contribution < -0.4 is 0 Å². The lowest BCUT2D eigenvalue weighted by Gasteiger charge is -1.95. The highest BCUT2D eigenvalue weighted by Crippen LogP contribution is 2.28. The Labute approximate surface area is 67.6 Å². The van der Waals surface area contributed by atoms with E-state index in [0.717, 1.165) is 6.42 Å². The van der Waals surface area contributed by atoms with Gasteiger partial charge in [0, 0.05) is 6.42 Å². The van der Waals surface area contributed by atoms with Crippen LogP contribution in [0, 0.1) is 6.42 Å². The zero-order valence-corrected chi connectivity index (χ0v) is 6.67. The number of allylic oxidation sites excluding steroid dienone is 8. The van der Waals surface area contributed by atoms with E-state index in [-0.39, 0.29) is 0 Å². The molecule has 2 aliphatic rings. The molecule has 0 bridgehead atoms. The molecule has 0 spiro atoms. The van der Waals surface area contributed by atoms with E-state index < -0.39 is 0 Å². The molecule has 0 aromatic heterocycles. The first kappa shape index (κ1) is 6.66. The molecule has 11 heavy (non-hydrogen) atoms. The van der Waals surface area contributed by atoms with Gasteiger partial charge in [0.2, 0.25) is 0 Å². The van der Waals surface area contributed by atoms with Gasteiger partial charge in [-0.05, 0) is 24.5 Å². The third-order valence-corrected chi connectivity index (χ3v) is 2.02. The van der Waals surface area contributed by atoms with E-state index in [9.17, 15) is 0 Å². The predicted octanol–water partition coefficient (Wildman–Crippen LogP) is 2.96. The molecule has 0 aliphatic heterocycles. The van der Waals surface area contributed by atoms with E-state index >= 15 is 0 Å². The van der Waals surface area contributed by atoms with Crippen LogP contribution in [0.5, 0.6) is 0 Å². The van der Waals surface area contributed by atoms with Crippen molar-refractivity contribution in [1.29, 1.82) is 0 Å². The molecule has 0 fully saturated rings. The van der Waals surface area contributed by atoms with Crippen LogP contribution in [0.2, 0.25) is 0 Å². The van der Waals surface area contributed by atoms with Crippen LogP contribution in [0.3, 0.4) is 0 Å². The Bertz CT molecular complexity index is 285. The van der Waals surface area contributed by atoms with Crippen LogP contribution in [0.25, 0.3) is 0 Å². The molecule has 2 aliphatic carbocycles. The van der Waals surface area contributed by atoms with Crippen molar-refractivity contribution in [3.05, 3.63) is 53.5 Å². The maximum Gasteiger partial charge on any atom is 0.0158 e. The summed E-state index contributed by atoms with van der Waals surface area (Å²) in [5.74, 6) is 0. The van der Waals surface area contributed by atoms with Gasteiger partial charge in [0.25, 0.3) is 0 Å². The standard InChI is InChI=1S/C11H11/c1-9-7-10-5-3-2-4-6-11(10)8-9/h2-5,7-8H,6H2,1H3. The lowest BCUT2D eigenvalue weighted by Crippen LogP contribution is -1.77. The molecule has 1 radical (unpaired) electrons. The maximum absolute atomic E-state index is 2.26. The van der Waals surface area contributed by atoms with Crippen molar-refractivity contribution < 1.29 is 0 Å². The van der Waals surface area contributed by atoms with Crippen molar-refractivity contribution in [2.75, 3.05) is 0 Å². The van der Waals surface area contributed by atoms with Gasteiger partial charge in [-0.1, -0.05) is 36.0 Å². The van der Waals surface area contributed by atoms with E-state index in [4.69, 9.17) is 0 Å². The van der Waals surface area contributed by atoms with Crippen LogP contribution in [0.1, 0.15) is 13.3 Å². The molecular weight excluding hydrogens is 132 g/mol. The quantitative estimate of drug-likeness (QED) is 0.489. The van der Waals surface area contributed by atoms with Gasteiger partial charge in [-0.2, -0.15) is 0 Å². The van der Waals surface area contributed by atoms with Crippen molar-refractivity contribution in [2.45, 2.75) is 13.3 Å². The van der Waals surface area contributed by atoms with Gasteiger partial charge in [-0.25, -0.2) is 0 Å². The Hall–Kier alpha value is -1.04. The highest BCUT2D eigenvalue weighted by atomic mass is 14.1. The molecule has 0 N–H and O–H groups in total. The van der Waals surface area contributed by atoms with Crippen molar-refractivity contribution in [2.24, 2.45) is 0 Å². The monoisotopic (exact) mass is 143 g/mol. The van der Waals surface area contributed by atoms with Crippen molar-refractivity contribution >= 4 is 0 Å². The van der Waals surface area contributed by atoms with Crippen molar-refractivity contribution in [1.82, 2.24) is 0 Å². The third-order valence-electron chi connectivity index (χ3n) is 2.02. The molecule has 0 amide bonds. The Morgan fingerprint density at radius 2 is 2.18 bits per heavy atom. The predicted molar refractivity (Wildman–Crippen MR) is 48.0 cm³/mol. The summed E-state index contributed by atoms with van der Waals surface area (Å²) in [6, 6.07) is 0. The van der Waals surface area contributed by atoms with Gasteiger partial charge in [0.1, 0.15) is 0 Å². The zero-order valence-electron chi connectivity index (χ0n) is 6.67. The Balaban J connectivity index is 2.33. The van der Waals surface area contributed by atoms with Crippen LogP contribution in [0.15, 0.2) is 47.1 Å². The van der Waals surface area contributed by atoms with Gasteiger partial charge in [0.05, 0.1) is 0 Å². The van der Waals surface area contributed by atoms with E-state index in [1.807, 2.05) is 0 Å². The number of hydrogen-bond acceptors (Lipinski definition) is 0. The molecule has 0 aromatic carbocycles. The molecule has 55 valence electrons. The van der Waals surface area contributed by atoms with E-state index in [2.05, 4.69) is 43.7 Å². The minimum Gasteiger partial charge on any atom is -0.0801 e. The second-order valence-electron chi connectivity index (χ2n) is 3.00. The van der Waals surface area contributed by atoms with E-state index in [0.29, 0.717) is 0 Å². The highest BCUT2D eigenvalue weighted by Gasteiger charge is 2.10. The second-order valence-corrected chi connectivity index (χ2v) is 3.00. The average molecular weight is 143 g/mol. The van der Waals surface area contributed by atoms with Gasteiger partial charge < -0.3 is 0 Å². The van der Waals surface area contributed by atoms with E-state index in [1.54, 1.807) is 0 Å². The fraction of sp³-hybridized carbons (Fsp3) is 0.182. The van der Waals surface area contributed by atoms with Gasteiger partial charge in [0.15, 0.2) is 0 Å². The molecule has 0 saturated carbocycles. The van der Waals surface area contributed by atoms with Crippen LogP contribution in [-0.4, -0.2) is 0 Å². The van der Waals surface area contributed by atoms with Crippen LogP contribution in [0.4, 0.5) is 0 Å². The fourth-order valence-electron chi connectivity index (χ4n) is 1.50. The third kappa shape index (κ3) is 1.21. The first-order chi connectivity index (χ1) is 5.36. The molecule has 0 atom stereocenters. The number of rotatable bonds is 0. The summed E-state index contributed by atoms with van der Waals surface area (Å²) in [7, 11) is 0. The number of hydrogen-bond donors (Lipinski definition) is 0. The Kier molecular flexibility index (Phi) is 1.54. The SMILES string of the molecule is CC1=CC2=C([CH]1)C=CC=CC2. The maximum atomic E-state index is 2.26. The average Bonchev–Trinajstić information content (AvgIpc) is 2.17. The normalized spacial score (nSPS) is 21.7. The molecule has 0 saturated heterocycles. The summed E-state index contributed by atoms with van der Waals surface area (Å²) in [5.41, 5.74) is 4.20. The lowest BCUT2D eigenvalue weighted by molar-refractivity contribution is 1.28. The topological polar surface area (TPSA) is 0 Å². The summed E-state index contributed by atoms with van der Waals surface area (Å²) in [5, 5.41) is 0. The first-order valence-electron chi connectivity index (χ1n) is 3.96. The van der Waals surface area contributed by atoms with Crippen LogP contribution in [-0.2, 0) is 0 Å². The molecule has 0 aromatic rings. The summed E-state index contributed by atoms with van der Waals surface area (Å²) >= 11 is 0. The summed E-state index contributed by atoms with van der Waals surface area (Å²) in [6.45, 7) is 2.14. The minimum absolute atomic E-state index is 1.08. The van der Waals surface area contributed by atoms with Crippen molar-refractivity contribution in [3.8, 4) is 0 Å². The molecule has 0 heterocycles. The molecular formula is C11H11. The van der Waals surface area contributed by atoms with E-state index in [1.165, 1.54) is 16.7 Å². The van der Waals surface area contributed by atoms with Crippen LogP contribution >= 0.6 is 0 Å². The van der Waals surface area contributed by atoms with Gasteiger partial charge in [-0.15, -0.1) is 0 Å². The smallest absolute Gasteiger partial charge is 0.0158 e. The largest absolute Gasteiger partial charge is 0.0801 e. The fourth-order valence-corrected chi connectivity index (χ4v) is 1.50. The van der Waals surface area contributed by atoms with Crippen molar-refractivity contribution in [3.63, 3.8) is 0 Å². The molecule has 0 nitrogen and oxygen atoms in total. The minimum atomic E-state index is 1.08. The summed E-state index contributed by atoms with van der Waals surface area (Å²) < 4.78 is 0. The zero-order chi connectivity index (χ0) is 7.68. The van der Waals surface area contributed by atoms with Gasteiger partial charge in [-0.3, -0.25) is 0 Å². The molecule has 0 unspecified atom stereocenters. The summed E-state index contributed by atoms with van der Waals surface area (Å²) in [6.07, 6.45) is 14.2. The Morgan fingerprint density at radius 1 is 1.27 bits per heavy atom. The second kappa shape index (κ2) is 2.54. The first-order valence-corrected chi connectivity index (χ1v) is 3.96. The summed E-state index contributed by atoms with van der Waals surface area (Å²) in [4.78, 5) is 0. The lowest BCUT2D eigenvalue weighted by atomic mass is 10.1. The highest BCUT2D eigenvalue weighted by molar-refractivity contribution is 5.54. The Morgan fingerprint density at radius 3 is 3.09 bits per heavy atom. The molecule has 2 rings (SSSR count). The molecule has 0 heteroatoms. The van der Waals surface area contributed by atoms with Gasteiger partial charge >= 0.3 is 0 Å².